The van der Waals surface area contributed by atoms with Crippen molar-refractivity contribution < 1.29 is 32.2 Å². The van der Waals surface area contributed by atoms with Crippen molar-refractivity contribution in [1.29, 1.82) is 0 Å². The third kappa shape index (κ3) is 5.67. The number of hydrogen-bond donors (Lipinski definition) is 1. The Morgan fingerprint density at radius 3 is 2.29 bits per heavy atom. The second kappa shape index (κ2) is 11.0. The first-order chi connectivity index (χ1) is 16.3. The van der Waals surface area contributed by atoms with E-state index in [1.807, 2.05) is 0 Å². The van der Waals surface area contributed by atoms with E-state index in [4.69, 9.17) is 14.2 Å². The highest BCUT2D eigenvalue weighted by molar-refractivity contribution is 7.89. The van der Waals surface area contributed by atoms with Gasteiger partial charge in [-0.05, 0) is 36.4 Å². The van der Waals surface area contributed by atoms with E-state index in [2.05, 4.69) is 11.9 Å². The molecule has 0 aromatic heterocycles. The first-order valence-electron chi connectivity index (χ1n) is 10.5. The van der Waals surface area contributed by atoms with Gasteiger partial charge in [-0.15, -0.1) is 0 Å². The summed E-state index contributed by atoms with van der Waals surface area (Å²) in [4.78, 5) is 25.5. The summed E-state index contributed by atoms with van der Waals surface area (Å²) >= 11 is 0. The quantitative estimate of drug-likeness (QED) is 0.567. The number of carbonyl (C=O) groups excluding carboxylic acids is 2. The lowest BCUT2D eigenvalue weighted by atomic mass is 10.2. The van der Waals surface area contributed by atoms with Crippen LogP contribution in [0.2, 0.25) is 0 Å². The Hall–Kier alpha value is -3.57. The fraction of sp³-hybridized carbons (Fsp3) is 0.304. The molecule has 2 aromatic carbocycles. The maximum Gasteiger partial charge on any atom is 0.410 e. The molecule has 0 atom stereocenters. The van der Waals surface area contributed by atoms with E-state index in [1.165, 1.54) is 47.7 Å². The molecule has 0 saturated carbocycles. The molecule has 1 aliphatic heterocycles. The third-order valence-corrected chi connectivity index (χ3v) is 7.19. The molecule has 0 radical (unpaired) electrons. The number of carbonyl (C=O) groups is 2. The van der Waals surface area contributed by atoms with Gasteiger partial charge in [0.2, 0.25) is 15.9 Å². The van der Waals surface area contributed by atoms with Gasteiger partial charge in [-0.25, -0.2) is 13.2 Å². The maximum absolute atomic E-state index is 13.0. The van der Waals surface area contributed by atoms with E-state index in [9.17, 15) is 18.0 Å². The van der Waals surface area contributed by atoms with E-state index in [1.54, 1.807) is 18.2 Å². The second-order valence-electron chi connectivity index (χ2n) is 7.32. The van der Waals surface area contributed by atoms with E-state index < -0.39 is 16.1 Å². The molecule has 2 amide bonds. The van der Waals surface area contributed by atoms with Crippen LogP contribution in [0.3, 0.4) is 0 Å². The van der Waals surface area contributed by atoms with Crippen molar-refractivity contribution in [3.63, 3.8) is 0 Å². The van der Waals surface area contributed by atoms with Crippen LogP contribution in [0.1, 0.15) is 5.56 Å². The van der Waals surface area contributed by atoms with Crippen molar-refractivity contribution in [2.24, 2.45) is 0 Å². The highest BCUT2D eigenvalue weighted by atomic mass is 32.2. The van der Waals surface area contributed by atoms with E-state index >= 15 is 0 Å². The van der Waals surface area contributed by atoms with Gasteiger partial charge in [-0.1, -0.05) is 18.7 Å². The average Bonchev–Trinajstić information content (AvgIpc) is 2.87. The van der Waals surface area contributed by atoms with Crippen LogP contribution in [-0.2, 0) is 26.2 Å². The van der Waals surface area contributed by atoms with Crippen LogP contribution >= 0.6 is 0 Å². The van der Waals surface area contributed by atoms with Gasteiger partial charge in [-0.2, -0.15) is 4.31 Å². The molecule has 1 N–H and O–H groups in total. The minimum absolute atomic E-state index is 0.00748. The molecule has 1 aliphatic rings. The summed E-state index contributed by atoms with van der Waals surface area (Å²) in [5.41, 5.74) is 1.12. The molecule has 0 bridgehead atoms. The van der Waals surface area contributed by atoms with E-state index in [0.29, 0.717) is 22.7 Å². The molecular weight excluding hydrogens is 462 g/mol. The molecule has 34 heavy (non-hydrogen) atoms. The number of piperazine rings is 1. The van der Waals surface area contributed by atoms with Gasteiger partial charge >= 0.3 is 6.09 Å². The Morgan fingerprint density at radius 1 is 1.03 bits per heavy atom. The van der Waals surface area contributed by atoms with E-state index in [-0.39, 0.29) is 43.6 Å². The zero-order chi connectivity index (χ0) is 24.7. The van der Waals surface area contributed by atoms with E-state index in [0.717, 1.165) is 6.08 Å². The third-order valence-electron chi connectivity index (χ3n) is 5.28. The second-order valence-corrected chi connectivity index (χ2v) is 9.25. The van der Waals surface area contributed by atoms with Crippen molar-refractivity contribution in [2.45, 2.75) is 11.5 Å². The van der Waals surface area contributed by atoms with Gasteiger partial charge in [-0.3, -0.25) is 4.79 Å². The molecule has 3 rings (SSSR count). The van der Waals surface area contributed by atoms with Crippen molar-refractivity contribution in [1.82, 2.24) is 9.21 Å². The lowest BCUT2D eigenvalue weighted by Crippen LogP contribution is -2.50. The molecule has 1 fully saturated rings. The monoisotopic (exact) mass is 489 g/mol. The van der Waals surface area contributed by atoms with Crippen LogP contribution in [-0.4, -0.2) is 70.0 Å². The van der Waals surface area contributed by atoms with Gasteiger partial charge in [0.1, 0.15) is 6.61 Å². The number of benzene rings is 2. The Bertz CT molecular complexity index is 1140. The summed E-state index contributed by atoms with van der Waals surface area (Å²) < 4.78 is 43.2. The number of hydrogen-bond acceptors (Lipinski definition) is 7. The van der Waals surface area contributed by atoms with Crippen molar-refractivity contribution >= 4 is 27.7 Å². The van der Waals surface area contributed by atoms with Crippen molar-refractivity contribution in [3.8, 4) is 11.5 Å². The highest BCUT2D eigenvalue weighted by Crippen LogP contribution is 2.31. The van der Waals surface area contributed by atoms with Crippen LogP contribution in [0.15, 0.2) is 60.0 Å². The number of amides is 2. The first kappa shape index (κ1) is 25.1. The molecule has 182 valence electrons. The van der Waals surface area contributed by atoms with Crippen LogP contribution < -0.4 is 14.8 Å². The molecule has 1 heterocycles. The number of rotatable bonds is 8. The van der Waals surface area contributed by atoms with Crippen molar-refractivity contribution in [2.75, 3.05) is 45.7 Å². The van der Waals surface area contributed by atoms with Gasteiger partial charge in [0.15, 0.2) is 11.5 Å². The fourth-order valence-corrected chi connectivity index (χ4v) is 4.88. The lowest BCUT2D eigenvalue weighted by Gasteiger charge is -2.33. The number of ether oxygens (including phenoxy) is 3. The largest absolute Gasteiger partial charge is 0.493 e. The lowest BCUT2D eigenvalue weighted by molar-refractivity contribution is -0.111. The van der Waals surface area contributed by atoms with Crippen molar-refractivity contribution in [3.05, 3.63) is 60.7 Å². The normalized spacial score (nSPS) is 14.2. The number of methoxy groups -OCH3 is 2. The summed E-state index contributed by atoms with van der Waals surface area (Å²) in [6.07, 6.45) is 0.590. The fourth-order valence-electron chi connectivity index (χ4n) is 3.46. The Kier molecular flexibility index (Phi) is 8.13. The van der Waals surface area contributed by atoms with Gasteiger partial charge < -0.3 is 24.4 Å². The Labute approximate surface area is 198 Å². The highest BCUT2D eigenvalue weighted by Gasteiger charge is 2.30. The summed E-state index contributed by atoms with van der Waals surface area (Å²) in [6.45, 7) is 4.02. The molecule has 0 unspecified atom stereocenters. The Balaban J connectivity index is 1.56. The Morgan fingerprint density at radius 2 is 1.71 bits per heavy atom. The summed E-state index contributed by atoms with van der Waals surface area (Å²) in [6, 6.07) is 11.2. The first-order valence-corrected chi connectivity index (χ1v) is 11.9. The molecule has 1 saturated heterocycles. The van der Waals surface area contributed by atoms with Gasteiger partial charge in [0.25, 0.3) is 0 Å². The van der Waals surface area contributed by atoms with Crippen LogP contribution in [0.4, 0.5) is 10.5 Å². The topological polar surface area (TPSA) is 114 Å². The van der Waals surface area contributed by atoms with Crippen LogP contribution in [0, 0.1) is 0 Å². The zero-order valence-electron chi connectivity index (χ0n) is 19.0. The maximum atomic E-state index is 13.0. The molecular formula is C23H27N3O7S. The van der Waals surface area contributed by atoms with Crippen LogP contribution in [0.25, 0.3) is 0 Å². The predicted molar refractivity (Wildman–Crippen MR) is 125 cm³/mol. The number of nitrogens with zero attached hydrogens (tertiary/aromatic N) is 2. The summed E-state index contributed by atoms with van der Waals surface area (Å²) in [7, 11) is -0.711. The summed E-state index contributed by atoms with van der Waals surface area (Å²) in [5, 5.41) is 2.57. The minimum Gasteiger partial charge on any atom is -0.493 e. The summed E-state index contributed by atoms with van der Waals surface area (Å²) in [5.74, 6) is 0.637. The standard InChI is InChI=1S/C23H27N3O7S/c1-4-21(27)24-18-8-10-19(11-9-18)34(29,30)26-14-12-25(13-15-26)23(28)33-16-17-6-5-7-20(31-2)22(17)32-3/h4-11H,1,12-16H2,2-3H3,(H,24,27). The average molecular weight is 490 g/mol. The minimum atomic E-state index is -3.74. The predicted octanol–water partition coefficient (Wildman–Crippen LogP) is 2.47. The smallest absolute Gasteiger partial charge is 0.410 e. The number of sulfonamides is 1. The number of nitrogens with one attached hydrogen (secondary N) is 1. The number of para-hydroxylation sites is 1. The molecule has 11 heteroatoms. The molecule has 0 spiro atoms. The molecule has 10 nitrogen and oxygen atoms in total. The zero-order valence-corrected chi connectivity index (χ0v) is 19.8. The SMILES string of the molecule is C=CC(=O)Nc1ccc(S(=O)(=O)N2CCN(C(=O)OCc3cccc(OC)c3OC)CC2)cc1. The van der Waals surface area contributed by atoms with Gasteiger partial charge in [0, 0.05) is 37.4 Å². The molecule has 2 aromatic rings. The number of anilines is 1. The van der Waals surface area contributed by atoms with Gasteiger partial charge in [0.05, 0.1) is 19.1 Å². The molecule has 0 aliphatic carbocycles. The van der Waals surface area contributed by atoms with Crippen LogP contribution in [0.5, 0.6) is 11.5 Å².